The molecular weight excluding hydrogens is 466 g/mol. The quantitative estimate of drug-likeness (QED) is 0.466. The van der Waals surface area contributed by atoms with Crippen LogP contribution >= 0.6 is 11.8 Å². The maximum Gasteiger partial charge on any atom is 0.260 e. The van der Waals surface area contributed by atoms with Gasteiger partial charge in [-0.1, -0.05) is 66.2 Å². The van der Waals surface area contributed by atoms with Crippen molar-refractivity contribution < 1.29 is 9.59 Å². The molecule has 36 heavy (non-hydrogen) atoms. The second-order valence-corrected chi connectivity index (χ2v) is 10.9. The molecule has 184 valence electrons. The number of carbonyl (C=O) groups excluding carboxylic acids is 2. The highest BCUT2D eigenvalue weighted by molar-refractivity contribution is 8.04. The lowest BCUT2D eigenvalue weighted by molar-refractivity contribution is -0.133. The fourth-order valence-corrected chi connectivity index (χ4v) is 6.57. The molecule has 1 N–H and O–H groups in total. The SMILES string of the molecule is Cc1cccc(CN2C(=O)/C(=C/c3ccccc3)SC3CCC(C(=O)NCc4cccnc4)CC32)c1. The minimum atomic E-state index is -0.101. The van der Waals surface area contributed by atoms with Gasteiger partial charge < -0.3 is 10.2 Å². The number of fused-ring (bicyclic) bond motifs is 1. The summed E-state index contributed by atoms with van der Waals surface area (Å²) in [4.78, 5) is 33.8. The van der Waals surface area contributed by atoms with E-state index in [0.717, 1.165) is 34.4 Å². The zero-order valence-corrected chi connectivity index (χ0v) is 21.3. The summed E-state index contributed by atoms with van der Waals surface area (Å²) in [6, 6.07) is 22.2. The maximum absolute atomic E-state index is 13.8. The summed E-state index contributed by atoms with van der Waals surface area (Å²) >= 11 is 1.69. The minimum absolute atomic E-state index is 0.0267. The molecule has 2 fully saturated rings. The second kappa shape index (κ2) is 11.1. The third kappa shape index (κ3) is 5.71. The van der Waals surface area contributed by atoms with E-state index in [0.29, 0.717) is 19.5 Å². The van der Waals surface area contributed by atoms with Gasteiger partial charge in [0.05, 0.1) is 4.91 Å². The predicted octanol–water partition coefficient (Wildman–Crippen LogP) is 5.36. The van der Waals surface area contributed by atoms with Crippen LogP contribution in [0, 0.1) is 12.8 Å². The molecular formula is C30H31N3O2S. The molecule has 0 bridgehead atoms. The fourth-order valence-electron chi connectivity index (χ4n) is 5.16. The third-order valence-corrected chi connectivity index (χ3v) is 8.40. The largest absolute Gasteiger partial charge is 0.352 e. The molecule has 1 saturated heterocycles. The summed E-state index contributed by atoms with van der Waals surface area (Å²) in [6.07, 6.45) is 7.94. The summed E-state index contributed by atoms with van der Waals surface area (Å²) < 4.78 is 0. The first kappa shape index (κ1) is 24.3. The monoisotopic (exact) mass is 497 g/mol. The predicted molar refractivity (Wildman–Crippen MR) is 145 cm³/mol. The topological polar surface area (TPSA) is 62.3 Å². The van der Waals surface area contributed by atoms with Crippen molar-refractivity contribution >= 4 is 29.7 Å². The van der Waals surface area contributed by atoms with Crippen molar-refractivity contribution in [1.29, 1.82) is 0 Å². The van der Waals surface area contributed by atoms with Crippen molar-refractivity contribution in [2.24, 2.45) is 5.92 Å². The van der Waals surface area contributed by atoms with E-state index in [1.54, 1.807) is 24.2 Å². The van der Waals surface area contributed by atoms with Crippen LogP contribution in [0.3, 0.4) is 0 Å². The molecule has 3 unspecified atom stereocenters. The van der Waals surface area contributed by atoms with Crippen LogP contribution in [0.25, 0.3) is 6.08 Å². The molecule has 2 amide bonds. The zero-order valence-electron chi connectivity index (χ0n) is 20.5. The van der Waals surface area contributed by atoms with Gasteiger partial charge in [-0.3, -0.25) is 14.6 Å². The van der Waals surface area contributed by atoms with Gasteiger partial charge in [-0.25, -0.2) is 0 Å². The van der Waals surface area contributed by atoms with Crippen molar-refractivity contribution in [2.75, 3.05) is 0 Å². The van der Waals surface area contributed by atoms with E-state index >= 15 is 0 Å². The number of nitrogens with one attached hydrogen (secondary N) is 1. The lowest BCUT2D eigenvalue weighted by atomic mass is 9.83. The number of hydrogen-bond acceptors (Lipinski definition) is 4. The molecule has 2 aromatic carbocycles. The molecule has 2 heterocycles. The smallest absolute Gasteiger partial charge is 0.260 e. The molecule has 0 spiro atoms. The van der Waals surface area contributed by atoms with E-state index < -0.39 is 0 Å². The summed E-state index contributed by atoms with van der Waals surface area (Å²) in [5, 5.41) is 3.37. The van der Waals surface area contributed by atoms with Gasteiger partial charge in [0.2, 0.25) is 5.91 Å². The summed E-state index contributed by atoms with van der Waals surface area (Å²) in [7, 11) is 0. The Kier molecular flexibility index (Phi) is 7.52. The average Bonchev–Trinajstić information content (AvgIpc) is 2.90. The van der Waals surface area contributed by atoms with Crippen molar-refractivity contribution in [3.63, 3.8) is 0 Å². The van der Waals surface area contributed by atoms with E-state index in [-0.39, 0.29) is 29.0 Å². The van der Waals surface area contributed by atoms with E-state index in [1.807, 2.05) is 59.5 Å². The van der Waals surface area contributed by atoms with E-state index in [1.165, 1.54) is 5.56 Å². The van der Waals surface area contributed by atoms with Crippen LogP contribution in [-0.4, -0.2) is 33.0 Å². The van der Waals surface area contributed by atoms with Crippen molar-refractivity contribution in [3.8, 4) is 0 Å². The highest BCUT2D eigenvalue weighted by atomic mass is 32.2. The Morgan fingerprint density at radius 2 is 1.92 bits per heavy atom. The number of aromatic nitrogens is 1. The Labute approximate surface area is 217 Å². The first-order valence-corrected chi connectivity index (χ1v) is 13.4. The molecule has 5 nitrogen and oxygen atoms in total. The van der Waals surface area contributed by atoms with Crippen LogP contribution in [0.1, 0.15) is 41.5 Å². The fraction of sp³-hybridized carbons (Fsp3) is 0.300. The molecule has 3 atom stereocenters. The van der Waals surface area contributed by atoms with Gasteiger partial charge in [-0.15, -0.1) is 11.8 Å². The number of hydrogen-bond donors (Lipinski definition) is 1. The zero-order chi connectivity index (χ0) is 24.9. The molecule has 3 aromatic rings. The van der Waals surface area contributed by atoms with Crippen LogP contribution in [-0.2, 0) is 22.7 Å². The number of pyridine rings is 1. The highest BCUT2D eigenvalue weighted by Gasteiger charge is 2.44. The maximum atomic E-state index is 13.8. The molecule has 1 aliphatic heterocycles. The van der Waals surface area contributed by atoms with Gasteiger partial charge in [0.15, 0.2) is 0 Å². The first-order chi connectivity index (χ1) is 17.6. The van der Waals surface area contributed by atoms with E-state index in [9.17, 15) is 9.59 Å². The van der Waals surface area contributed by atoms with Crippen LogP contribution in [0.5, 0.6) is 0 Å². The number of nitrogens with zero attached hydrogens (tertiary/aromatic N) is 2. The lowest BCUT2D eigenvalue weighted by Gasteiger charge is -2.46. The van der Waals surface area contributed by atoms with Gasteiger partial charge >= 0.3 is 0 Å². The van der Waals surface area contributed by atoms with Crippen molar-refractivity contribution in [2.45, 2.75) is 50.6 Å². The number of amides is 2. The second-order valence-electron chi connectivity index (χ2n) is 9.65. The number of thioether (sulfide) groups is 1. The molecule has 1 saturated carbocycles. The van der Waals surface area contributed by atoms with Crippen LogP contribution < -0.4 is 5.32 Å². The Morgan fingerprint density at radius 1 is 1.08 bits per heavy atom. The number of rotatable bonds is 6. The standard InChI is InChI=1S/C30H31N3O2S/c1-21-7-5-10-23(15-21)20-33-26-17-25(29(34)32-19-24-11-6-14-31-18-24)12-13-27(26)36-28(30(33)35)16-22-8-3-2-4-9-22/h2-11,14-16,18,25-27H,12-13,17,19-20H2,1H3,(H,32,34)/b28-16-. The Balaban J connectivity index is 1.36. The number of carbonyl (C=O) groups is 2. The van der Waals surface area contributed by atoms with Crippen LogP contribution in [0.2, 0.25) is 0 Å². The summed E-state index contributed by atoms with van der Waals surface area (Å²) in [6.45, 7) is 3.10. The summed E-state index contributed by atoms with van der Waals surface area (Å²) in [5.41, 5.74) is 4.32. The van der Waals surface area contributed by atoms with Gasteiger partial charge in [0, 0.05) is 42.7 Å². The van der Waals surface area contributed by atoms with Crippen molar-refractivity contribution in [3.05, 3.63) is 106 Å². The first-order valence-electron chi connectivity index (χ1n) is 12.5. The molecule has 1 aromatic heterocycles. The van der Waals surface area contributed by atoms with E-state index in [2.05, 4.69) is 35.4 Å². The molecule has 5 rings (SSSR count). The average molecular weight is 498 g/mol. The molecule has 1 aliphatic carbocycles. The Bertz CT molecular complexity index is 1250. The summed E-state index contributed by atoms with van der Waals surface area (Å²) in [5.74, 6) is 0.0230. The van der Waals surface area contributed by atoms with Gasteiger partial charge in [0.1, 0.15) is 0 Å². The normalized spacial score (nSPS) is 22.8. The Hall–Kier alpha value is -3.38. The molecule has 6 heteroatoms. The minimum Gasteiger partial charge on any atom is -0.352 e. The number of aryl methyl sites for hydroxylation is 1. The Morgan fingerprint density at radius 3 is 2.69 bits per heavy atom. The van der Waals surface area contributed by atoms with Gasteiger partial charge in [-0.05, 0) is 55.0 Å². The van der Waals surface area contributed by atoms with Crippen LogP contribution in [0.4, 0.5) is 0 Å². The molecule has 2 aliphatic rings. The van der Waals surface area contributed by atoms with Crippen LogP contribution in [0.15, 0.2) is 84.0 Å². The van der Waals surface area contributed by atoms with Gasteiger partial charge in [-0.2, -0.15) is 0 Å². The number of benzene rings is 2. The van der Waals surface area contributed by atoms with Crippen molar-refractivity contribution in [1.82, 2.24) is 15.2 Å². The lowest BCUT2D eigenvalue weighted by Crippen LogP contribution is -2.53. The third-order valence-electron chi connectivity index (χ3n) is 7.00. The highest BCUT2D eigenvalue weighted by Crippen LogP contribution is 2.44. The molecule has 0 radical (unpaired) electrons. The van der Waals surface area contributed by atoms with E-state index in [4.69, 9.17) is 0 Å². The van der Waals surface area contributed by atoms with Gasteiger partial charge in [0.25, 0.3) is 5.91 Å².